The van der Waals surface area contributed by atoms with Gasteiger partial charge in [0, 0.05) is 0 Å². The second-order valence-corrected chi connectivity index (χ2v) is 5.90. The van der Waals surface area contributed by atoms with Crippen LogP contribution in [-0.4, -0.2) is 22.5 Å². The molecule has 0 spiro atoms. The summed E-state index contributed by atoms with van der Waals surface area (Å²) in [6.07, 6.45) is 0. The van der Waals surface area contributed by atoms with Crippen molar-refractivity contribution in [2.24, 2.45) is 0 Å². The number of nitrogens with zero attached hydrogens (tertiary/aromatic N) is 3. The number of aromatic nitrogens is 2. The van der Waals surface area contributed by atoms with E-state index in [0.717, 1.165) is 11.6 Å². The maximum Gasteiger partial charge on any atom is 0.363 e. The molecular weight excluding hydrogens is 294 g/mol. The van der Waals surface area contributed by atoms with Crippen molar-refractivity contribution in [2.45, 2.75) is 11.8 Å². The Balaban J connectivity index is 2.63. The predicted octanol–water partition coefficient (Wildman–Crippen LogP) is 1.99. The van der Waals surface area contributed by atoms with Crippen LogP contribution < -0.4 is 0 Å². The van der Waals surface area contributed by atoms with E-state index in [9.17, 15) is 18.5 Å². The van der Waals surface area contributed by atoms with E-state index in [-0.39, 0.29) is 10.0 Å². The molecule has 0 aliphatic heterocycles. The molecule has 19 heavy (non-hydrogen) atoms. The zero-order valence-electron chi connectivity index (χ0n) is 9.65. The van der Waals surface area contributed by atoms with E-state index in [0.29, 0.717) is 4.09 Å². The van der Waals surface area contributed by atoms with Crippen LogP contribution in [-0.2, 0) is 10.0 Å². The lowest BCUT2D eigenvalue weighted by Gasteiger charge is -2.01. The molecule has 0 amide bonds. The van der Waals surface area contributed by atoms with Gasteiger partial charge in [0.2, 0.25) is 0 Å². The van der Waals surface area contributed by atoms with Gasteiger partial charge in [-0.05, 0) is 28.1 Å². The number of nitro groups is 1. The third kappa shape index (κ3) is 2.45. The van der Waals surface area contributed by atoms with Gasteiger partial charge in [0.25, 0.3) is 0 Å². The minimum Gasteiger partial charge on any atom is -0.358 e. The molecule has 0 aliphatic carbocycles. The second-order valence-electron chi connectivity index (χ2n) is 3.74. The van der Waals surface area contributed by atoms with Crippen molar-refractivity contribution in [1.82, 2.24) is 9.19 Å². The molecule has 2 rings (SSSR count). The summed E-state index contributed by atoms with van der Waals surface area (Å²) in [6.45, 7) is 1.80. The van der Waals surface area contributed by atoms with Crippen molar-refractivity contribution in [3.8, 4) is 0 Å². The van der Waals surface area contributed by atoms with Crippen LogP contribution in [0.1, 0.15) is 5.56 Å². The van der Waals surface area contributed by atoms with Gasteiger partial charge in [-0.2, -0.15) is 8.42 Å². The Kier molecular flexibility index (Phi) is 3.29. The molecule has 0 N–H and O–H groups in total. The van der Waals surface area contributed by atoms with Gasteiger partial charge in [0.15, 0.2) is 5.15 Å². The molecule has 1 aromatic carbocycles. The molecule has 1 aromatic heterocycles. The van der Waals surface area contributed by atoms with Crippen molar-refractivity contribution in [2.75, 3.05) is 0 Å². The van der Waals surface area contributed by atoms with Crippen LogP contribution in [0.3, 0.4) is 0 Å². The van der Waals surface area contributed by atoms with Crippen LogP contribution in [0.4, 0.5) is 5.82 Å². The van der Waals surface area contributed by atoms with Crippen LogP contribution in [0.2, 0.25) is 5.15 Å². The lowest BCUT2D eigenvalue weighted by atomic mass is 10.2. The molecule has 0 unspecified atom stereocenters. The average molecular weight is 302 g/mol. The fraction of sp³-hybridized carbons (Fsp3) is 0.100. The minimum absolute atomic E-state index is 0.0963. The number of hydrogen-bond acceptors (Lipinski definition) is 5. The Morgan fingerprint density at radius 1 is 1.32 bits per heavy atom. The quantitative estimate of drug-likeness (QED) is 0.638. The van der Waals surface area contributed by atoms with E-state index in [4.69, 9.17) is 11.6 Å². The minimum atomic E-state index is -4.13. The second kappa shape index (κ2) is 4.63. The smallest absolute Gasteiger partial charge is 0.358 e. The molecule has 0 aliphatic rings. The summed E-state index contributed by atoms with van der Waals surface area (Å²) in [5, 5.41) is 14.0. The zero-order chi connectivity index (χ0) is 14.2. The van der Waals surface area contributed by atoms with Crippen LogP contribution in [0.5, 0.6) is 0 Å². The molecular formula is C10H8ClN3O4S. The Labute approximate surface area is 113 Å². The highest BCUT2D eigenvalue weighted by Gasteiger charge is 2.31. The zero-order valence-corrected chi connectivity index (χ0v) is 11.2. The van der Waals surface area contributed by atoms with Crippen LogP contribution in [0.15, 0.2) is 35.2 Å². The van der Waals surface area contributed by atoms with Gasteiger partial charge in [-0.15, -0.1) is 0 Å². The molecule has 2 aromatic rings. The molecule has 0 radical (unpaired) electrons. The van der Waals surface area contributed by atoms with Gasteiger partial charge in [-0.1, -0.05) is 34.4 Å². The van der Waals surface area contributed by atoms with Crippen LogP contribution in [0, 0.1) is 17.0 Å². The summed E-state index contributed by atoms with van der Waals surface area (Å²) in [5.74, 6) is -0.703. The van der Waals surface area contributed by atoms with E-state index in [1.165, 1.54) is 12.1 Å². The SMILES string of the molecule is Cc1ccc(S(=O)(=O)n2nc(Cl)cc2[N+](=O)[O-])cc1. The molecule has 100 valence electrons. The van der Waals surface area contributed by atoms with E-state index in [1.54, 1.807) is 19.1 Å². The number of aryl methyl sites for hydroxylation is 1. The topological polar surface area (TPSA) is 95.1 Å². The third-order valence-corrected chi connectivity index (χ3v) is 4.14. The molecule has 1 heterocycles. The molecule has 7 nitrogen and oxygen atoms in total. The lowest BCUT2D eigenvalue weighted by molar-refractivity contribution is -0.390. The van der Waals surface area contributed by atoms with Gasteiger partial charge in [0.05, 0.1) is 6.07 Å². The average Bonchev–Trinajstić information content (AvgIpc) is 2.73. The Morgan fingerprint density at radius 2 is 1.89 bits per heavy atom. The first-order valence-corrected chi connectivity index (χ1v) is 6.86. The normalized spacial score (nSPS) is 11.5. The Bertz CT molecular complexity index is 737. The molecule has 0 saturated heterocycles. The van der Waals surface area contributed by atoms with Crippen molar-refractivity contribution in [3.05, 3.63) is 51.2 Å². The highest BCUT2D eigenvalue weighted by atomic mass is 35.5. The van der Waals surface area contributed by atoms with Gasteiger partial charge in [-0.3, -0.25) is 0 Å². The van der Waals surface area contributed by atoms with Crippen molar-refractivity contribution in [1.29, 1.82) is 0 Å². The Morgan fingerprint density at radius 3 is 2.42 bits per heavy atom. The van der Waals surface area contributed by atoms with Gasteiger partial charge in [-0.25, -0.2) is 0 Å². The summed E-state index contributed by atoms with van der Waals surface area (Å²) >= 11 is 5.53. The van der Waals surface area contributed by atoms with Gasteiger partial charge < -0.3 is 10.1 Å². The first-order valence-electron chi connectivity index (χ1n) is 5.04. The summed E-state index contributed by atoms with van der Waals surface area (Å²) in [5.41, 5.74) is 0.868. The van der Waals surface area contributed by atoms with Crippen molar-refractivity contribution in [3.63, 3.8) is 0 Å². The molecule has 0 atom stereocenters. The summed E-state index contributed by atoms with van der Waals surface area (Å²) in [7, 11) is -4.13. The summed E-state index contributed by atoms with van der Waals surface area (Å²) in [4.78, 5) is 9.84. The molecule has 9 heteroatoms. The number of hydrogen-bond donors (Lipinski definition) is 0. The third-order valence-electron chi connectivity index (χ3n) is 2.36. The highest BCUT2D eigenvalue weighted by Crippen LogP contribution is 2.23. The van der Waals surface area contributed by atoms with Gasteiger partial charge in [0.1, 0.15) is 4.90 Å². The fourth-order valence-corrected chi connectivity index (χ4v) is 2.90. The van der Waals surface area contributed by atoms with E-state index >= 15 is 0 Å². The number of halogens is 1. The van der Waals surface area contributed by atoms with Crippen molar-refractivity contribution < 1.29 is 13.3 Å². The van der Waals surface area contributed by atoms with E-state index in [1.807, 2.05) is 0 Å². The largest absolute Gasteiger partial charge is 0.363 e. The monoisotopic (exact) mass is 301 g/mol. The first-order chi connectivity index (χ1) is 8.82. The Hall–Kier alpha value is -1.93. The highest BCUT2D eigenvalue weighted by molar-refractivity contribution is 7.90. The predicted molar refractivity (Wildman–Crippen MR) is 67.7 cm³/mol. The maximum atomic E-state index is 12.2. The van der Waals surface area contributed by atoms with Crippen LogP contribution >= 0.6 is 11.6 Å². The number of rotatable bonds is 3. The van der Waals surface area contributed by atoms with E-state index in [2.05, 4.69) is 5.10 Å². The van der Waals surface area contributed by atoms with Gasteiger partial charge >= 0.3 is 15.8 Å². The molecule has 0 fully saturated rings. The number of benzene rings is 1. The fourth-order valence-electron chi connectivity index (χ4n) is 1.44. The van der Waals surface area contributed by atoms with Crippen molar-refractivity contribution >= 4 is 27.4 Å². The standard InChI is InChI=1S/C10H8ClN3O4S/c1-7-2-4-8(5-3-7)19(17,18)13-10(14(15)16)6-9(11)12-13/h2-6H,1H3. The van der Waals surface area contributed by atoms with E-state index < -0.39 is 20.8 Å². The molecule has 0 saturated carbocycles. The first kappa shape index (κ1) is 13.5. The molecule has 0 bridgehead atoms. The maximum absolute atomic E-state index is 12.2. The lowest BCUT2D eigenvalue weighted by Crippen LogP contribution is -2.16. The van der Waals surface area contributed by atoms with Crippen LogP contribution in [0.25, 0.3) is 0 Å². The summed E-state index contributed by atoms with van der Waals surface area (Å²) < 4.78 is 24.8. The summed E-state index contributed by atoms with van der Waals surface area (Å²) in [6, 6.07) is 6.76.